The van der Waals surface area contributed by atoms with Gasteiger partial charge in [0.2, 0.25) is 0 Å². The Bertz CT molecular complexity index is 148. The first-order valence-corrected chi connectivity index (χ1v) is 5.06. The van der Waals surface area contributed by atoms with Crippen molar-refractivity contribution in [3.8, 4) is 0 Å². The molecule has 2 nitrogen and oxygen atoms in total. The van der Waals surface area contributed by atoms with Crippen molar-refractivity contribution in [3.05, 3.63) is 12.4 Å². The van der Waals surface area contributed by atoms with Crippen molar-refractivity contribution < 1.29 is 17.3 Å². The van der Waals surface area contributed by atoms with E-state index in [1.165, 1.54) is 32.2 Å². The van der Waals surface area contributed by atoms with Crippen LogP contribution in [-0.2, 0) is 0 Å². The van der Waals surface area contributed by atoms with Gasteiger partial charge in [0.25, 0.3) is 0 Å². The first-order valence-electron chi connectivity index (χ1n) is 5.06. The first-order chi connectivity index (χ1) is 5.83. The summed E-state index contributed by atoms with van der Waals surface area (Å²) in [7, 11) is 2.13. The van der Waals surface area contributed by atoms with Crippen molar-refractivity contribution in [3.63, 3.8) is 0 Å². The van der Waals surface area contributed by atoms with Gasteiger partial charge in [0, 0.05) is 7.05 Å². The average Bonchev–Trinajstić information content (AvgIpc) is 2.45. The van der Waals surface area contributed by atoms with E-state index < -0.39 is 0 Å². The lowest BCUT2D eigenvalue weighted by Crippen LogP contribution is -3.07. The zero-order valence-electron chi connectivity index (χ0n) is 8.72. The van der Waals surface area contributed by atoms with E-state index in [0.717, 1.165) is 6.67 Å². The lowest BCUT2D eigenvalue weighted by atomic mass is 10.2. The molecule has 0 bridgehead atoms. The number of quaternary nitrogens is 1. The summed E-state index contributed by atoms with van der Waals surface area (Å²) in [6.45, 7) is 4.73. The quantitative estimate of drug-likeness (QED) is 0.501. The number of nitrogens with one attached hydrogen (secondary N) is 1. The highest BCUT2D eigenvalue weighted by Gasteiger charge is 2.11. The van der Waals surface area contributed by atoms with Crippen LogP contribution >= 0.6 is 0 Å². The summed E-state index contributed by atoms with van der Waals surface area (Å²) in [6.07, 6.45) is 9.96. The molecule has 1 aliphatic heterocycles. The second kappa shape index (κ2) is 7.22. The van der Waals surface area contributed by atoms with Gasteiger partial charge in [0.1, 0.15) is 6.20 Å². The molecule has 0 radical (unpaired) electrons. The maximum atomic E-state index is 2.27. The molecule has 0 aromatic heterocycles. The minimum atomic E-state index is 0. The fourth-order valence-corrected chi connectivity index (χ4v) is 1.60. The average molecular weight is 205 g/mol. The zero-order valence-corrected chi connectivity index (χ0v) is 9.48. The number of nitrogens with zero attached hydrogens (tertiary/aromatic N) is 1. The van der Waals surface area contributed by atoms with Gasteiger partial charge < -0.3 is 17.3 Å². The lowest BCUT2D eigenvalue weighted by molar-refractivity contribution is -0.848. The van der Waals surface area contributed by atoms with E-state index in [1.807, 2.05) is 0 Å². The van der Waals surface area contributed by atoms with Crippen molar-refractivity contribution in [2.24, 2.45) is 0 Å². The summed E-state index contributed by atoms with van der Waals surface area (Å²) in [4.78, 5) is 3.85. The van der Waals surface area contributed by atoms with Gasteiger partial charge >= 0.3 is 0 Å². The van der Waals surface area contributed by atoms with Crippen molar-refractivity contribution in [1.29, 1.82) is 0 Å². The van der Waals surface area contributed by atoms with Crippen LogP contribution in [0.3, 0.4) is 0 Å². The molecule has 3 heteroatoms. The summed E-state index contributed by atoms with van der Waals surface area (Å²) in [5.74, 6) is 0. The maximum Gasteiger partial charge on any atom is 0.156 e. The number of hydrogen-bond donors (Lipinski definition) is 1. The second-order valence-corrected chi connectivity index (χ2v) is 3.70. The van der Waals surface area contributed by atoms with Crippen molar-refractivity contribution >= 4 is 0 Å². The molecule has 0 aromatic rings. The predicted octanol–water partition coefficient (Wildman–Crippen LogP) is -2.17. The number of unbranched alkanes of at least 4 members (excludes halogenated alkanes) is 3. The van der Waals surface area contributed by atoms with Gasteiger partial charge in [0.05, 0.1) is 12.7 Å². The largest absolute Gasteiger partial charge is 1.00 e. The van der Waals surface area contributed by atoms with E-state index in [2.05, 4.69) is 31.3 Å². The van der Waals surface area contributed by atoms with Crippen LogP contribution in [0.4, 0.5) is 0 Å². The van der Waals surface area contributed by atoms with Crippen LogP contribution in [0, 0.1) is 0 Å². The molecule has 0 fully saturated rings. The Hall–Kier alpha value is -0.210. The van der Waals surface area contributed by atoms with Crippen molar-refractivity contribution in [1.82, 2.24) is 4.90 Å². The molecule has 0 aliphatic carbocycles. The fraction of sp³-hybridized carbons (Fsp3) is 0.800. The Balaban J connectivity index is 0.00000144. The lowest BCUT2D eigenvalue weighted by Gasteiger charge is -2.12. The molecule has 1 heterocycles. The molecule has 1 N–H and O–H groups in total. The van der Waals surface area contributed by atoms with E-state index in [0.29, 0.717) is 0 Å². The minimum Gasteiger partial charge on any atom is -1.00 e. The third-order valence-electron chi connectivity index (χ3n) is 2.37. The maximum absolute atomic E-state index is 2.27. The van der Waals surface area contributed by atoms with Crippen LogP contribution in [-0.4, -0.2) is 25.2 Å². The van der Waals surface area contributed by atoms with Gasteiger partial charge in [-0.2, -0.15) is 0 Å². The van der Waals surface area contributed by atoms with Gasteiger partial charge in [-0.3, -0.25) is 4.90 Å². The molecule has 0 amide bonds. The van der Waals surface area contributed by atoms with Crippen LogP contribution in [0.1, 0.15) is 32.6 Å². The predicted molar refractivity (Wildman–Crippen MR) is 51.7 cm³/mol. The van der Waals surface area contributed by atoms with E-state index >= 15 is 0 Å². The fourth-order valence-electron chi connectivity index (χ4n) is 1.60. The minimum absolute atomic E-state index is 0. The Kier molecular flexibility index (Phi) is 7.10. The van der Waals surface area contributed by atoms with E-state index in [4.69, 9.17) is 0 Å². The van der Waals surface area contributed by atoms with E-state index in [1.54, 1.807) is 4.90 Å². The molecule has 0 aromatic carbocycles. The first kappa shape index (κ1) is 12.8. The van der Waals surface area contributed by atoms with Crippen LogP contribution in [0.15, 0.2) is 12.4 Å². The van der Waals surface area contributed by atoms with Crippen LogP contribution in [0.5, 0.6) is 0 Å². The molecular formula is C10H21ClN2. The molecular weight excluding hydrogens is 184 g/mol. The number of rotatable bonds is 5. The molecule has 1 atom stereocenters. The Labute approximate surface area is 88.0 Å². The highest BCUT2D eigenvalue weighted by molar-refractivity contribution is 4.74. The highest BCUT2D eigenvalue weighted by Crippen LogP contribution is 1.96. The molecule has 1 aliphatic rings. The summed E-state index contributed by atoms with van der Waals surface area (Å²) in [6, 6.07) is 0. The third kappa shape index (κ3) is 5.17. The standard InChI is InChI=1S/C10H20N2.ClH/c1-3-4-5-6-7-12-9-8-11(2)10-12;/h8-9H,3-7,10H2,1-2H3;1H. The molecule has 0 spiro atoms. The molecule has 78 valence electrons. The summed E-state index contributed by atoms with van der Waals surface area (Å²) >= 11 is 0. The SMILES string of the molecule is CCCCCC[NH+]1C=CN(C)C1.[Cl-]. The van der Waals surface area contributed by atoms with Crippen LogP contribution < -0.4 is 17.3 Å². The monoisotopic (exact) mass is 204 g/mol. The van der Waals surface area contributed by atoms with Crippen molar-refractivity contribution in [2.45, 2.75) is 32.6 Å². The second-order valence-electron chi connectivity index (χ2n) is 3.70. The molecule has 0 saturated heterocycles. The van der Waals surface area contributed by atoms with Crippen LogP contribution in [0.2, 0.25) is 0 Å². The zero-order chi connectivity index (χ0) is 8.81. The van der Waals surface area contributed by atoms with Gasteiger partial charge in [-0.25, -0.2) is 0 Å². The normalized spacial score (nSPS) is 20.5. The van der Waals surface area contributed by atoms with Crippen molar-refractivity contribution in [2.75, 3.05) is 20.3 Å². The third-order valence-corrected chi connectivity index (χ3v) is 2.37. The number of hydrogen-bond acceptors (Lipinski definition) is 1. The van der Waals surface area contributed by atoms with Gasteiger partial charge in [-0.15, -0.1) is 0 Å². The Morgan fingerprint density at radius 3 is 2.62 bits per heavy atom. The van der Waals surface area contributed by atoms with Crippen LogP contribution in [0.25, 0.3) is 0 Å². The highest BCUT2D eigenvalue weighted by atomic mass is 35.5. The van der Waals surface area contributed by atoms with Gasteiger partial charge in [-0.05, 0) is 12.8 Å². The smallest absolute Gasteiger partial charge is 0.156 e. The topological polar surface area (TPSA) is 7.68 Å². The van der Waals surface area contributed by atoms with Gasteiger partial charge in [0.15, 0.2) is 6.67 Å². The Morgan fingerprint density at radius 2 is 2.08 bits per heavy atom. The molecule has 13 heavy (non-hydrogen) atoms. The number of halogens is 1. The Morgan fingerprint density at radius 1 is 1.31 bits per heavy atom. The summed E-state index contributed by atoms with van der Waals surface area (Å²) in [5, 5.41) is 0. The molecule has 0 saturated carbocycles. The molecule has 1 rings (SSSR count). The van der Waals surface area contributed by atoms with E-state index in [-0.39, 0.29) is 12.4 Å². The van der Waals surface area contributed by atoms with Gasteiger partial charge in [-0.1, -0.05) is 19.8 Å². The van der Waals surface area contributed by atoms with E-state index in [9.17, 15) is 0 Å². The summed E-state index contributed by atoms with van der Waals surface area (Å²) < 4.78 is 0. The molecule has 1 unspecified atom stereocenters. The summed E-state index contributed by atoms with van der Waals surface area (Å²) in [5.41, 5.74) is 0.